The molecule has 1 unspecified atom stereocenters. The molecule has 3 aromatic rings. The third kappa shape index (κ3) is 7.60. The molecule has 3 aromatic carbocycles. The number of amides is 2. The number of rotatable bonds is 12. The Balaban J connectivity index is 2.05. The van der Waals surface area contributed by atoms with Crippen LogP contribution in [0.3, 0.4) is 0 Å². The Bertz CT molecular complexity index is 1410. The molecule has 0 spiro atoms. The molecule has 0 aromatic heterocycles. The predicted octanol–water partition coefficient (Wildman–Crippen LogP) is 5.79. The van der Waals surface area contributed by atoms with Gasteiger partial charge in [-0.2, -0.15) is 0 Å². The number of benzene rings is 3. The molecule has 1 N–H and O–H groups in total. The van der Waals surface area contributed by atoms with E-state index in [0.29, 0.717) is 39.3 Å². The van der Waals surface area contributed by atoms with E-state index in [1.807, 2.05) is 6.92 Å². The van der Waals surface area contributed by atoms with Crippen molar-refractivity contribution in [1.82, 2.24) is 10.2 Å². The maximum Gasteiger partial charge on any atom is 0.264 e. The van der Waals surface area contributed by atoms with Gasteiger partial charge in [-0.15, -0.1) is 0 Å². The van der Waals surface area contributed by atoms with E-state index in [4.69, 9.17) is 39.5 Å². The summed E-state index contributed by atoms with van der Waals surface area (Å²) in [5.74, 6) is -0.556. The highest BCUT2D eigenvalue weighted by Gasteiger charge is 2.33. The highest BCUT2D eigenvalue weighted by molar-refractivity contribution is 7.92. The van der Waals surface area contributed by atoms with Crippen molar-refractivity contribution in [2.45, 2.75) is 37.8 Å². The Morgan fingerprint density at radius 3 is 2.10 bits per heavy atom. The largest absolute Gasteiger partial charge is 0.497 e. The van der Waals surface area contributed by atoms with Crippen LogP contribution in [0.1, 0.15) is 25.8 Å². The molecule has 0 aliphatic carbocycles. The van der Waals surface area contributed by atoms with Gasteiger partial charge in [0.15, 0.2) is 0 Å². The van der Waals surface area contributed by atoms with Gasteiger partial charge in [-0.25, -0.2) is 8.42 Å². The Morgan fingerprint density at radius 2 is 1.55 bits per heavy atom. The average molecular weight is 627 g/mol. The Morgan fingerprint density at radius 1 is 0.950 bits per heavy atom. The van der Waals surface area contributed by atoms with Crippen LogP contribution in [0.4, 0.5) is 5.69 Å². The predicted molar refractivity (Wildman–Crippen MR) is 159 cm³/mol. The van der Waals surface area contributed by atoms with Crippen molar-refractivity contribution in [3.05, 3.63) is 87.4 Å². The summed E-state index contributed by atoms with van der Waals surface area (Å²) in [6.45, 7) is 3.17. The van der Waals surface area contributed by atoms with Crippen molar-refractivity contribution in [3.63, 3.8) is 0 Å². The van der Waals surface area contributed by atoms with E-state index in [9.17, 15) is 18.0 Å². The number of anilines is 1. The second-order valence-corrected chi connectivity index (χ2v) is 12.0. The summed E-state index contributed by atoms with van der Waals surface area (Å²) < 4.78 is 33.8. The first kappa shape index (κ1) is 31.5. The minimum atomic E-state index is -4.24. The third-order valence-electron chi connectivity index (χ3n) is 6.15. The van der Waals surface area contributed by atoms with Crippen LogP contribution in [0.15, 0.2) is 71.6 Å². The quantitative estimate of drug-likeness (QED) is 0.274. The topological polar surface area (TPSA) is 96.0 Å². The van der Waals surface area contributed by atoms with E-state index >= 15 is 0 Å². The number of halogens is 3. The maximum atomic E-state index is 13.9. The molecule has 0 aliphatic rings. The number of sulfonamides is 1. The van der Waals surface area contributed by atoms with Crippen molar-refractivity contribution in [2.75, 3.05) is 24.5 Å². The zero-order chi connectivity index (χ0) is 29.4. The van der Waals surface area contributed by atoms with Crippen molar-refractivity contribution in [2.24, 2.45) is 0 Å². The van der Waals surface area contributed by atoms with Gasteiger partial charge in [0.2, 0.25) is 11.8 Å². The molecule has 0 saturated heterocycles. The van der Waals surface area contributed by atoms with Gasteiger partial charge < -0.3 is 15.0 Å². The summed E-state index contributed by atoms with van der Waals surface area (Å²) >= 11 is 18.8. The molecule has 0 heterocycles. The number of methoxy groups -OCH3 is 1. The second-order valence-electron chi connectivity index (χ2n) is 8.85. The molecule has 2 amide bonds. The first-order valence-corrected chi connectivity index (χ1v) is 15.0. The van der Waals surface area contributed by atoms with Gasteiger partial charge in [-0.3, -0.25) is 13.9 Å². The summed E-state index contributed by atoms with van der Waals surface area (Å²) in [7, 11) is -2.76. The van der Waals surface area contributed by atoms with Gasteiger partial charge in [0.1, 0.15) is 18.3 Å². The monoisotopic (exact) mass is 625 g/mol. The molecular formula is C28H30Cl3N3O5S. The van der Waals surface area contributed by atoms with Gasteiger partial charge in [0.25, 0.3) is 10.0 Å². The molecule has 0 saturated carbocycles. The molecule has 0 radical (unpaired) electrons. The molecule has 0 fully saturated rings. The van der Waals surface area contributed by atoms with E-state index in [1.165, 1.54) is 60.5 Å². The lowest BCUT2D eigenvalue weighted by Crippen LogP contribution is -2.51. The summed E-state index contributed by atoms with van der Waals surface area (Å²) in [4.78, 5) is 28.1. The Hall–Kier alpha value is -2.98. The van der Waals surface area contributed by atoms with Gasteiger partial charge >= 0.3 is 0 Å². The fourth-order valence-electron chi connectivity index (χ4n) is 3.84. The Kier molecular flexibility index (Phi) is 11.1. The van der Waals surface area contributed by atoms with Crippen molar-refractivity contribution in [3.8, 4) is 5.75 Å². The molecule has 8 nitrogen and oxygen atoms in total. The zero-order valence-corrected chi connectivity index (χ0v) is 25.3. The first-order valence-electron chi connectivity index (χ1n) is 12.4. The van der Waals surface area contributed by atoms with Crippen LogP contribution in [-0.2, 0) is 26.2 Å². The van der Waals surface area contributed by atoms with Crippen molar-refractivity contribution < 1.29 is 22.7 Å². The normalized spacial score (nSPS) is 11.9. The van der Waals surface area contributed by atoms with Crippen LogP contribution in [0.25, 0.3) is 0 Å². The molecule has 3 rings (SSSR count). The second kappa shape index (κ2) is 14.1. The van der Waals surface area contributed by atoms with Gasteiger partial charge in [0, 0.05) is 33.7 Å². The minimum absolute atomic E-state index is 0.0505. The summed E-state index contributed by atoms with van der Waals surface area (Å²) in [5, 5.41) is 3.80. The smallest absolute Gasteiger partial charge is 0.264 e. The molecule has 1 atom stereocenters. The lowest BCUT2D eigenvalue weighted by atomic mass is 10.1. The first-order chi connectivity index (χ1) is 19.0. The van der Waals surface area contributed by atoms with Crippen molar-refractivity contribution in [1.29, 1.82) is 0 Å². The van der Waals surface area contributed by atoms with Crippen LogP contribution in [0, 0.1) is 0 Å². The van der Waals surface area contributed by atoms with E-state index in [-0.39, 0.29) is 17.1 Å². The van der Waals surface area contributed by atoms with Crippen molar-refractivity contribution >= 4 is 62.3 Å². The number of ether oxygens (including phenoxy) is 1. The summed E-state index contributed by atoms with van der Waals surface area (Å²) in [5.41, 5.74) is 0.651. The van der Waals surface area contributed by atoms with Gasteiger partial charge in [-0.1, -0.05) is 47.8 Å². The zero-order valence-electron chi connectivity index (χ0n) is 22.2. The highest BCUT2D eigenvalue weighted by Crippen LogP contribution is 2.29. The number of carbonyl (C=O) groups is 2. The number of carbonyl (C=O) groups excluding carboxylic acids is 2. The van der Waals surface area contributed by atoms with E-state index in [2.05, 4.69) is 5.32 Å². The average Bonchev–Trinajstić information content (AvgIpc) is 2.94. The minimum Gasteiger partial charge on any atom is -0.497 e. The number of nitrogens with one attached hydrogen (secondary N) is 1. The van der Waals surface area contributed by atoms with Gasteiger partial charge in [0.05, 0.1) is 17.7 Å². The van der Waals surface area contributed by atoms with Crippen LogP contribution >= 0.6 is 34.8 Å². The van der Waals surface area contributed by atoms with Crippen LogP contribution < -0.4 is 14.4 Å². The lowest BCUT2D eigenvalue weighted by molar-refractivity contribution is -0.139. The SMILES string of the molecule is CCCNC(=O)C(C)N(Cc1c(Cl)cccc1Cl)C(=O)CN(c1ccc(Cl)cc1)S(=O)(=O)c1ccc(OC)cc1. The van der Waals surface area contributed by atoms with Crippen LogP contribution in [-0.4, -0.2) is 51.4 Å². The number of hydrogen-bond acceptors (Lipinski definition) is 5. The van der Waals surface area contributed by atoms with E-state index in [1.54, 1.807) is 25.1 Å². The lowest BCUT2D eigenvalue weighted by Gasteiger charge is -2.32. The Labute approximate surface area is 249 Å². The van der Waals surface area contributed by atoms with E-state index < -0.39 is 34.4 Å². The summed E-state index contributed by atoms with van der Waals surface area (Å²) in [6.07, 6.45) is 0.702. The fraction of sp³-hybridized carbons (Fsp3) is 0.286. The highest BCUT2D eigenvalue weighted by atomic mass is 35.5. The van der Waals surface area contributed by atoms with Crippen LogP contribution in [0.2, 0.25) is 15.1 Å². The number of hydrogen-bond donors (Lipinski definition) is 1. The number of nitrogens with zero attached hydrogens (tertiary/aromatic N) is 2. The van der Waals surface area contributed by atoms with Crippen LogP contribution in [0.5, 0.6) is 5.75 Å². The maximum absolute atomic E-state index is 13.9. The fourth-order valence-corrected chi connectivity index (χ4v) is 5.90. The molecular weight excluding hydrogens is 597 g/mol. The summed E-state index contributed by atoms with van der Waals surface area (Å²) in [6, 6.07) is 15.8. The van der Waals surface area contributed by atoms with E-state index in [0.717, 1.165) is 4.31 Å². The molecule has 0 bridgehead atoms. The standard InChI is InChI=1S/C28H30Cl3N3O5S/c1-4-16-32-28(36)19(2)33(17-24-25(30)6-5-7-26(24)31)27(35)18-34(21-10-8-20(29)9-11-21)40(37,38)23-14-12-22(39-3)13-15-23/h5-15,19H,4,16-18H2,1-3H3,(H,32,36). The molecule has 12 heteroatoms. The molecule has 40 heavy (non-hydrogen) atoms. The van der Waals surface area contributed by atoms with Gasteiger partial charge in [-0.05, 0) is 74.0 Å². The third-order valence-corrected chi connectivity index (χ3v) is 8.90. The molecule has 0 aliphatic heterocycles. The molecule has 214 valence electrons.